The van der Waals surface area contributed by atoms with Gasteiger partial charge >= 0.3 is 11.7 Å². The fraction of sp³-hybridized carbons (Fsp3) is 0.700. The third-order valence-corrected chi connectivity index (χ3v) is 9.97. The molecule has 6 atom stereocenters. The second kappa shape index (κ2) is 10.4. The highest BCUT2D eigenvalue weighted by atomic mass is 16.5. The Hall–Kier alpha value is -2.41. The Labute approximate surface area is 218 Å². The van der Waals surface area contributed by atoms with E-state index in [1.807, 2.05) is 0 Å². The normalized spacial score (nSPS) is 33.6. The van der Waals surface area contributed by atoms with E-state index in [1.165, 1.54) is 39.2 Å². The smallest absolute Gasteiger partial charge is 0.332 e. The van der Waals surface area contributed by atoms with Gasteiger partial charge in [-0.15, -0.1) is 0 Å². The number of para-hydroxylation sites is 1. The summed E-state index contributed by atoms with van der Waals surface area (Å²) in [6.45, 7) is 1.79. The number of nitrogens with one attached hydrogen (secondary N) is 1. The van der Waals surface area contributed by atoms with E-state index < -0.39 is 11.7 Å². The van der Waals surface area contributed by atoms with Crippen molar-refractivity contribution in [3.63, 3.8) is 0 Å². The van der Waals surface area contributed by atoms with Gasteiger partial charge in [-0.05, 0) is 87.7 Å². The van der Waals surface area contributed by atoms with Crippen LogP contribution in [0.4, 0.5) is 0 Å². The molecule has 5 fully saturated rings. The van der Waals surface area contributed by atoms with Crippen LogP contribution in [0.5, 0.6) is 0 Å². The Bertz CT molecular complexity index is 1250. The summed E-state index contributed by atoms with van der Waals surface area (Å²) in [5.74, 6) is 4.31. The van der Waals surface area contributed by atoms with E-state index in [1.54, 1.807) is 69.7 Å². The monoisotopic (exact) mass is 507 g/mol. The summed E-state index contributed by atoms with van der Waals surface area (Å²) < 4.78 is 7.79. The summed E-state index contributed by atoms with van der Waals surface area (Å²) in [6, 6.07) is 7.53. The van der Waals surface area contributed by atoms with E-state index in [-0.39, 0.29) is 24.8 Å². The number of hydrogen-bond acceptors (Lipinski definition) is 5. The van der Waals surface area contributed by atoms with E-state index >= 15 is 0 Å². The average molecular weight is 508 g/mol. The first-order chi connectivity index (χ1) is 18.0. The number of aromatic nitrogens is 2. The van der Waals surface area contributed by atoms with Gasteiger partial charge in [-0.2, -0.15) is 0 Å². The lowest BCUT2D eigenvalue weighted by atomic mass is 9.65. The van der Waals surface area contributed by atoms with Crippen molar-refractivity contribution in [2.45, 2.75) is 102 Å². The topological polar surface area (TPSA) is 82.3 Å². The van der Waals surface area contributed by atoms with E-state index in [4.69, 9.17) is 4.74 Å². The minimum atomic E-state index is -0.475. The van der Waals surface area contributed by atoms with Crippen LogP contribution >= 0.6 is 0 Å². The molecule has 2 saturated heterocycles. The molecule has 7 heteroatoms. The van der Waals surface area contributed by atoms with Crippen LogP contribution in [-0.4, -0.2) is 33.8 Å². The molecule has 3 heterocycles. The molecule has 3 saturated carbocycles. The molecule has 4 bridgehead atoms. The molecule has 1 aromatic heterocycles. The average Bonchev–Trinajstić information content (AvgIpc) is 3.09. The lowest BCUT2D eigenvalue weighted by molar-refractivity contribution is -0.143. The predicted molar refractivity (Wildman–Crippen MR) is 144 cm³/mol. The zero-order chi connectivity index (χ0) is 25.5. The van der Waals surface area contributed by atoms with Crippen LogP contribution in [0.25, 0.3) is 10.9 Å². The fourth-order valence-corrected chi connectivity index (χ4v) is 8.33. The van der Waals surface area contributed by atoms with Gasteiger partial charge in [0.2, 0.25) is 0 Å². The second-order valence-electron chi connectivity index (χ2n) is 12.2. The summed E-state index contributed by atoms with van der Waals surface area (Å²) in [5, 5.41) is 4.06. The van der Waals surface area contributed by atoms with Crippen molar-refractivity contribution >= 4 is 16.9 Å². The van der Waals surface area contributed by atoms with Crippen LogP contribution in [-0.2, 0) is 16.1 Å². The number of carbonyl (C=O) groups is 1. The zero-order valence-electron chi connectivity index (χ0n) is 22.1. The number of rotatable bonds is 4. The molecule has 6 unspecified atom stereocenters. The van der Waals surface area contributed by atoms with Gasteiger partial charge < -0.3 is 10.1 Å². The molecule has 5 aliphatic rings. The first-order valence-electron chi connectivity index (χ1n) is 14.7. The van der Waals surface area contributed by atoms with Crippen molar-refractivity contribution in [2.24, 2.45) is 23.7 Å². The molecule has 7 rings (SSSR count). The van der Waals surface area contributed by atoms with E-state index in [0.29, 0.717) is 23.0 Å². The largest absolute Gasteiger partial charge is 0.465 e. The fourth-order valence-electron chi connectivity index (χ4n) is 8.33. The molecule has 0 radical (unpaired) electrons. The van der Waals surface area contributed by atoms with Crippen molar-refractivity contribution in [3.05, 3.63) is 45.1 Å². The lowest BCUT2D eigenvalue weighted by Gasteiger charge is -2.40. The molecule has 2 aliphatic heterocycles. The Morgan fingerprint density at radius 1 is 0.946 bits per heavy atom. The summed E-state index contributed by atoms with van der Waals surface area (Å²) in [5.41, 5.74) is -0.205. The number of fused-ring (bicyclic) bond motifs is 4. The predicted octanol–water partition coefficient (Wildman–Crippen LogP) is 4.40. The third kappa shape index (κ3) is 4.80. The number of hydrogen-bond donors (Lipinski definition) is 1. The van der Waals surface area contributed by atoms with Gasteiger partial charge in [-0.3, -0.25) is 18.7 Å². The van der Waals surface area contributed by atoms with E-state index in [9.17, 15) is 14.4 Å². The molecule has 1 aromatic carbocycles. The number of esters is 1. The molecule has 1 N–H and O–H groups in total. The number of piperidine rings is 2. The zero-order valence-corrected chi connectivity index (χ0v) is 22.1. The summed E-state index contributed by atoms with van der Waals surface area (Å²) in [7, 11) is 0. The van der Waals surface area contributed by atoms with Crippen molar-refractivity contribution in [1.29, 1.82) is 0 Å². The molecule has 7 nitrogen and oxygen atoms in total. The Kier molecular flexibility index (Phi) is 6.99. The Morgan fingerprint density at radius 3 is 2.49 bits per heavy atom. The first kappa shape index (κ1) is 24.9. The first-order valence-corrected chi connectivity index (χ1v) is 14.7. The molecule has 0 amide bonds. The highest BCUT2D eigenvalue weighted by molar-refractivity contribution is 5.80. The van der Waals surface area contributed by atoms with Crippen molar-refractivity contribution < 1.29 is 9.53 Å². The van der Waals surface area contributed by atoms with Crippen molar-refractivity contribution in [3.8, 4) is 0 Å². The summed E-state index contributed by atoms with van der Waals surface area (Å²) in [4.78, 5) is 38.5. The van der Waals surface area contributed by atoms with E-state index in [0.717, 1.165) is 25.7 Å². The molecule has 200 valence electrons. The second-order valence-corrected chi connectivity index (χ2v) is 12.2. The number of nitrogens with zero attached hydrogens (tertiary/aromatic N) is 2. The SMILES string of the molecule is C1CC2CC3CC(C1)C3C2.CCOC(=O)Cn1c(=O)n(C2CC3CCCC(C2)N3)c(=O)c2ccccc21. The van der Waals surface area contributed by atoms with E-state index in [2.05, 4.69) is 5.32 Å². The van der Waals surface area contributed by atoms with Crippen LogP contribution in [0.15, 0.2) is 33.9 Å². The maximum absolute atomic E-state index is 13.3. The Morgan fingerprint density at radius 2 is 1.70 bits per heavy atom. The van der Waals surface area contributed by atoms with Gasteiger partial charge in [-0.25, -0.2) is 4.79 Å². The number of carbonyl (C=O) groups excluding carboxylic acids is 1. The van der Waals surface area contributed by atoms with Gasteiger partial charge in [0, 0.05) is 18.1 Å². The highest BCUT2D eigenvalue weighted by Gasteiger charge is 2.48. The highest BCUT2D eigenvalue weighted by Crippen LogP contribution is 2.58. The van der Waals surface area contributed by atoms with Crippen molar-refractivity contribution in [1.82, 2.24) is 14.5 Å². The molecule has 0 spiro atoms. The standard InChI is InChI=1S/C20H25N3O4.C10H16/c1-2-27-18(24)12-22-17-9-4-3-8-16(17)19(25)23(20(22)26)15-10-13-6-5-7-14(11-15)21-13;1-2-7-4-9-6-8(3-1)10(9)5-7/h3-4,8-9,13-15,21H,2,5-7,10-12H2,1H3;7-10H,1-6H2. The van der Waals surface area contributed by atoms with Crippen LogP contribution in [0.2, 0.25) is 0 Å². The van der Waals surface area contributed by atoms with Gasteiger partial charge in [0.1, 0.15) is 6.54 Å². The third-order valence-electron chi connectivity index (χ3n) is 9.97. The summed E-state index contributed by atoms with van der Waals surface area (Å²) >= 11 is 0. The van der Waals surface area contributed by atoms with Gasteiger partial charge in [0.15, 0.2) is 0 Å². The maximum Gasteiger partial charge on any atom is 0.332 e. The van der Waals surface area contributed by atoms with Crippen LogP contribution < -0.4 is 16.6 Å². The number of benzene rings is 1. The van der Waals surface area contributed by atoms with Gasteiger partial charge in [-0.1, -0.05) is 37.8 Å². The minimum Gasteiger partial charge on any atom is -0.465 e. The van der Waals surface area contributed by atoms with Crippen LogP contribution in [0.3, 0.4) is 0 Å². The molecule has 2 aromatic rings. The number of ether oxygens (including phenoxy) is 1. The van der Waals surface area contributed by atoms with Gasteiger partial charge in [0.25, 0.3) is 5.56 Å². The minimum absolute atomic E-state index is 0.139. The molecule has 3 aliphatic carbocycles. The molecular weight excluding hydrogens is 466 g/mol. The molecular formula is C30H41N3O4. The molecule has 37 heavy (non-hydrogen) atoms. The lowest BCUT2D eigenvalue weighted by Crippen LogP contribution is -2.53. The summed E-state index contributed by atoms with van der Waals surface area (Å²) in [6.07, 6.45) is 14.4. The Balaban J connectivity index is 0.000000207. The van der Waals surface area contributed by atoms with Crippen molar-refractivity contribution in [2.75, 3.05) is 6.61 Å². The quantitative estimate of drug-likeness (QED) is 0.620. The van der Waals surface area contributed by atoms with Crippen LogP contribution in [0, 0.1) is 23.7 Å². The maximum atomic E-state index is 13.3. The van der Waals surface area contributed by atoms with Gasteiger partial charge in [0.05, 0.1) is 17.5 Å². The van der Waals surface area contributed by atoms with Crippen LogP contribution in [0.1, 0.15) is 83.6 Å².